The fraction of sp³-hybridized carbons (Fsp3) is 0.725. The van der Waals surface area contributed by atoms with Gasteiger partial charge in [-0.3, -0.25) is 14.4 Å². The van der Waals surface area contributed by atoms with Crippen molar-refractivity contribution in [3.8, 4) is 0 Å². The minimum absolute atomic E-state index is 0.0858. The molecule has 0 aliphatic rings. The summed E-state index contributed by atoms with van der Waals surface area (Å²) < 4.78 is 16.9. The molecule has 0 radical (unpaired) electrons. The van der Waals surface area contributed by atoms with Gasteiger partial charge in [0.15, 0.2) is 6.10 Å². The quantitative estimate of drug-likeness (QED) is 0.0261. The van der Waals surface area contributed by atoms with Crippen LogP contribution in [-0.4, -0.2) is 37.2 Å². The molecule has 1 unspecified atom stereocenters. The van der Waals surface area contributed by atoms with E-state index in [-0.39, 0.29) is 31.1 Å². The summed E-state index contributed by atoms with van der Waals surface area (Å²) in [6.07, 6.45) is 84.0. The third-order valence-electron chi connectivity index (χ3n) is 13.5. The molecule has 6 heteroatoms. The van der Waals surface area contributed by atoms with Crippen molar-refractivity contribution in [2.75, 3.05) is 13.2 Å². The van der Waals surface area contributed by atoms with E-state index in [1.165, 1.54) is 161 Å². The van der Waals surface area contributed by atoms with Crippen molar-refractivity contribution < 1.29 is 28.6 Å². The van der Waals surface area contributed by atoms with E-state index in [0.717, 1.165) is 103 Å². The monoisotopic (exact) mass is 1040 g/mol. The molecule has 0 aromatic rings. The van der Waals surface area contributed by atoms with Crippen molar-refractivity contribution in [1.82, 2.24) is 0 Å². The van der Waals surface area contributed by atoms with Crippen molar-refractivity contribution >= 4 is 17.9 Å². The molecule has 0 amide bonds. The highest BCUT2D eigenvalue weighted by atomic mass is 16.6. The van der Waals surface area contributed by atoms with Gasteiger partial charge >= 0.3 is 17.9 Å². The van der Waals surface area contributed by atoms with E-state index in [9.17, 15) is 14.4 Å². The summed E-state index contributed by atoms with van der Waals surface area (Å²) in [7, 11) is 0. The number of carbonyl (C=O) groups is 3. The predicted octanol–water partition coefficient (Wildman–Crippen LogP) is 21.7. The second-order valence-corrected chi connectivity index (χ2v) is 20.9. The second kappa shape index (κ2) is 62.9. The van der Waals surface area contributed by atoms with Gasteiger partial charge in [0, 0.05) is 19.3 Å². The van der Waals surface area contributed by atoms with Crippen LogP contribution < -0.4 is 0 Å². The molecule has 1 atom stereocenters. The maximum atomic E-state index is 12.9. The normalized spacial score (nSPS) is 12.7. The molecule has 0 aromatic carbocycles. The Morgan fingerprint density at radius 3 is 0.813 bits per heavy atom. The predicted molar refractivity (Wildman–Crippen MR) is 325 cm³/mol. The van der Waals surface area contributed by atoms with Crippen LogP contribution >= 0.6 is 0 Å². The Bertz CT molecular complexity index is 1480. The Labute approximate surface area is 464 Å². The van der Waals surface area contributed by atoms with Gasteiger partial charge in [0.1, 0.15) is 13.2 Å². The van der Waals surface area contributed by atoms with E-state index in [1.807, 2.05) is 0 Å². The molecule has 0 aliphatic heterocycles. The van der Waals surface area contributed by atoms with Crippen LogP contribution in [0.25, 0.3) is 0 Å². The van der Waals surface area contributed by atoms with E-state index in [2.05, 4.69) is 118 Å². The van der Waals surface area contributed by atoms with Crippen LogP contribution in [0.3, 0.4) is 0 Å². The van der Waals surface area contributed by atoms with Gasteiger partial charge in [0.25, 0.3) is 0 Å². The average Bonchev–Trinajstić information content (AvgIpc) is 3.41. The van der Waals surface area contributed by atoms with Crippen molar-refractivity contribution in [1.29, 1.82) is 0 Å². The number of ether oxygens (including phenoxy) is 3. The van der Waals surface area contributed by atoms with Crippen LogP contribution in [-0.2, 0) is 28.6 Å². The highest BCUT2D eigenvalue weighted by Gasteiger charge is 2.19. The third kappa shape index (κ3) is 61.1. The molecule has 6 nitrogen and oxygen atoms in total. The first kappa shape index (κ1) is 71.3. The van der Waals surface area contributed by atoms with Gasteiger partial charge in [0.05, 0.1) is 0 Å². The standard InChI is InChI=1S/C69H118O6/c1-4-7-10-13-16-19-22-25-28-31-34-37-40-43-46-49-52-55-58-61-67(70)73-64-66(75-69(72)63-60-57-54-51-48-45-42-39-36-33-30-27-24-21-18-15-12-9-6-3)65-74-68(71)62-59-56-53-50-47-44-41-38-35-32-29-26-23-20-17-14-11-8-5-2/h7,10,16-21,25-30,34,37,66H,4-6,8-9,11-15,22-24,31-33,35-36,38-65H2,1-3H3/b10-7-,19-16-,20-17-,21-18-,28-25-,29-26-,30-27-,37-34-. The second-order valence-electron chi connectivity index (χ2n) is 20.9. The fourth-order valence-electron chi connectivity index (χ4n) is 8.79. The highest BCUT2D eigenvalue weighted by molar-refractivity contribution is 5.71. The lowest BCUT2D eigenvalue weighted by molar-refractivity contribution is -0.167. The molecular weight excluding hydrogens is 925 g/mol. The van der Waals surface area contributed by atoms with Crippen LogP contribution in [0.1, 0.15) is 303 Å². The van der Waals surface area contributed by atoms with Crippen molar-refractivity contribution in [2.24, 2.45) is 0 Å². The van der Waals surface area contributed by atoms with E-state index in [4.69, 9.17) is 14.2 Å². The zero-order chi connectivity index (χ0) is 54.3. The Balaban J connectivity index is 4.42. The van der Waals surface area contributed by atoms with E-state index in [0.29, 0.717) is 19.3 Å². The van der Waals surface area contributed by atoms with Gasteiger partial charge in [-0.2, -0.15) is 0 Å². The lowest BCUT2D eigenvalue weighted by Gasteiger charge is -2.18. The molecule has 0 saturated heterocycles. The van der Waals surface area contributed by atoms with E-state index < -0.39 is 6.10 Å². The maximum Gasteiger partial charge on any atom is 0.306 e. The van der Waals surface area contributed by atoms with Gasteiger partial charge in [-0.15, -0.1) is 0 Å². The SMILES string of the molecule is CC/C=C\C/C=C\C/C=C\C/C=C\CCCCCCCCC(=O)OCC(COC(=O)CCCCCCCCCCC/C=C\C/C=C\CCCCC)OC(=O)CCCCCCCCCCC/C=C\C/C=C\CCCCC. The minimum atomic E-state index is -0.790. The summed E-state index contributed by atoms with van der Waals surface area (Å²) in [5, 5.41) is 0. The van der Waals surface area contributed by atoms with Gasteiger partial charge in [0.2, 0.25) is 0 Å². The van der Waals surface area contributed by atoms with Crippen molar-refractivity contribution in [2.45, 2.75) is 309 Å². The summed E-state index contributed by atoms with van der Waals surface area (Å²) >= 11 is 0. The number of hydrogen-bond acceptors (Lipinski definition) is 6. The molecule has 0 aromatic heterocycles. The van der Waals surface area contributed by atoms with Gasteiger partial charge in [-0.05, 0) is 122 Å². The molecule has 0 saturated carbocycles. The van der Waals surface area contributed by atoms with Gasteiger partial charge in [-0.1, -0.05) is 259 Å². The Hall–Kier alpha value is -3.67. The molecule has 0 spiro atoms. The first-order valence-corrected chi connectivity index (χ1v) is 31.7. The topological polar surface area (TPSA) is 78.9 Å². The first-order valence-electron chi connectivity index (χ1n) is 31.7. The van der Waals surface area contributed by atoms with Crippen LogP contribution in [0.4, 0.5) is 0 Å². The smallest absolute Gasteiger partial charge is 0.306 e. The third-order valence-corrected chi connectivity index (χ3v) is 13.5. The number of allylic oxidation sites excluding steroid dienone is 16. The largest absolute Gasteiger partial charge is 0.462 e. The maximum absolute atomic E-state index is 12.9. The molecule has 0 bridgehead atoms. The van der Waals surface area contributed by atoms with E-state index >= 15 is 0 Å². The van der Waals surface area contributed by atoms with Crippen LogP contribution in [0.5, 0.6) is 0 Å². The van der Waals surface area contributed by atoms with Gasteiger partial charge < -0.3 is 14.2 Å². The van der Waals surface area contributed by atoms with Crippen LogP contribution in [0.2, 0.25) is 0 Å². The molecule has 430 valence electrons. The highest BCUT2D eigenvalue weighted by Crippen LogP contribution is 2.16. The van der Waals surface area contributed by atoms with E-state index in [1.54, 1.807) is 0 Å². The van der Waals surface area contributed by atoms with Crippen molar-refractivity contribution in [3.05, 3.63) is 97.2 Å². The molecule has 0 rings (SSSR count). The first-order chi connectivity index (χ1) is 37.0. The lowest BCUT2D eigenvalue weighted by atomic mass is 10.1. The number of hydrogen-bond donors (Lipinski definition) is 0. The Morgan fingerprint density at radius 1 is 0.280 bits per heavy atom. The molecule has 0 fully saturated rings. The lowest BCUT2D eigenvalue weighted by Crippen LogP contribution is -2.30. The summed E-state index contributed by atoms with van der Waals surface area (Å²) in [4.78, 5) is 38.4. The summed E-state index contributed by atoms with van der Waals surface area (Å²) in [5.41, 5.74) is 0. The van der Waals surface area contributed by atoms with Crippen LogP contribution in [0, 0.1) is 0 Å². The minimum Gasteiger partial charge on any atom is -0.462 e. The molecule has 0 aliphatic carbocycles. The summed E-state index contributed by atoms with van der Waals surface area (Å²) in [5.74, 6) is -0.898. The van der Waals surface area contributed by atoms with Gasteiger partial charge in [-0.25, -0.2) is 0 Å². The van der Waals surface area contributed by atoms with Crippen LogP contribution in [0.15, 0.2) is 97.2 Å². The summed E-state index contributed by atoms with van der Waals surface area (Å²) in [6.45, 7) is 6.49. The zero-order valence-electron chi connectivity index (χ0n) is 49.3. The number of carbonyl (C=O) groups excluding carboxylic acids is 3. The molecular formula is C69H118O6. The molecule has 0 N–H and O–H groups in total. The van der Waals surface area contributed by atoms with Crippen molar-refractivity contribution in [3.63, 3.8) is 0 Å². The average molecular weight is 1040 g/mol. The zero-order valence-corrected chi connectivity index (χ0v) is 49.3. The molecule has 0 heterocycles. The Morgan fingerprint density at radius 2 is 0.520 bits per heavy atom. The summed E-state index contributed by atoms with van der Waals surface area (Å²) in [6, 6.07) is 0. The molecule has 75 heavy (non-hydrogen) atoms. The number of unbranched alkanes of at least 4 members (excludes halogenated alkanes) is 30. The fourth-order valence-corrected chi connectivity index (χ4v) is 8.79. The number of esters is 3. The Kier molecular flexibility index (Phi) is 59.8. The number of rotatable bonds is 57.